The smallest absolute Gasteiger partial charge is 0.234 e. The van der Waals surface area contributed by atoms with Crippen molar-refractivity contribution in [3.63, 3.8) is 0 Å². The summed E-state index contributed by atoms with van der Waals surface area (Å²) in [7, 11) is 1.59. The third-order valence-corrected chi connectivity index (χ3v) is 7.17. The number of rotatable bonds is 15. The summed E-state index contributed by atoms with van der Waals surface area (Å²) in [6.07, 6.45) is 7.20. The topological polar surface area (TPSA) is 78.3 Å². The molecule has 1 amide bonds. The molecule has 0 saturated heterocycles. The lowest BCUT2D eigenvalue weighted by Gasteiger charge is -2.12. The van der Waals surface area contributed by atoms with Gasteiger partial charge in [0, 0.05) is 11.0 Å². The summed E-state index contributed by atoms with van der Waals surface area (Å²) < 4.78 is 14.4. The number of nitrogens with one attached hydrogen (secondary N) is 1. The number of halogens is 1. The van der Waals surface area contributed by atoms with Crippen molar-refractivity contribution in [2.24, 2.45) is 0 Å². The zero-order chi connectivity index (χ0) is 25.8. The van der Waals surface area contributed by atoms with E-state index in [9.17, 15) is 4.79 Å². The quantitative estimate of drug-likeness (QED) is 0.155. The zero-order valence-corrected chi connectivity index (χ0v) is 23.7. The van der Waals surface area contributed by atoms with Crippen LogP contribution in [-0.2, 0) is 17.9 Å². The summed E-state index contributed by atoms with van der Waals surface area (Å²) in [5.74, 6) is 2.27. The standard InChI is InChI=1S/C27H35BrN4O3S/c1-4-5-6-7-8-9-16-32-25(18-35-22-13-11-21(28)12-14-22)30-31-27(32)36-19-26(33)29-23-17-20(2)10-15-24(23)34-3/h10-15,17H,4-9,16,18-19H2,1-3H3,(H,29,33). The Bertz CT molecular complexity index is 1100. The molecule has 9 heteroatoms. The first-order valence-corrected chi connectivity index (χ1v) is 14.2. The van der Waals surface area contributed by atoms with Gasteiger partial charge in [-0.1, -0.05) is 72.8 Å². The van der Waals surface area contributed by atoms with E-state index in [0.717, 1.165) is 46.2 Å². The van der Waals surface area contributed by atoms with Crippen LogP contribution in [0, 0.1) is 6.92 Å². The van der Waals surface area contributed by atoms with E-state index in [2.05, 4.69) is 42.9 Å². The number of unbranched alkanes of at least 4 members (excludes halogenated alkanes) is 5. The van der Waals surface area contributed by atoms with E-state index in [0.29, 0.717) is 18.0 Å². The number of carbonyl (C=O) groups excluding carboxylic acids is 1. The fourth-order valence-corrected chi connectivity index (χ4v) is 4.77. The number of nitrogens with zero attached hydrogens (tertiary/aromatic N) is 3. The Kier molecular flexibility index (Phi) is 11.6. The number of benzene rings is 2. The van der Waals surface area contributed by atoms with Gasteiger partial charge in [-0.2, -0.15) is 0 Å². The number of aryl methyl sites for hydroxylation is 1. The van der Waals surface area contributed by atoms with Gasteiger partial charge in [-0.05, 0) is 55.3 Å². The molecule has 2 aromatic carbocycles. The molecule has 7 nitrogen and oxygen atoms in total. The van der Waals surface area contributed by atoms with E-state index in [4.69, 9.17) is 9.47 Å². The molecule has 0 spiro atoms. The Balaban J connectivity index is 1.63. The highest BCUT2D eigenvalue weighted by molar-refractivity contribution is 9.10. The Morgan fingerprint density at radius 3 is 2.56 bits per heavy atom. The summed E-state index contributed by atoms with van der Waals surface area (Å²) in [6, 6.07) is 13.4. The molecular weight excluding hydrogens is 540 g/mol. The number of hydrogen-bond acceptors (Lipinski definition) is 6. The second kappa shape index (κ2) is 14.9. The predicted octanol–water partition coefficient (Wildman–Crippen LogP) is 7.03. The molecule has 0 aliphatic rings. The molecule has 1 heterocycles. The molecule has 3 aromatic rings. The molecule has 3 rings (SSSR count). The van der Waals surface area contributed by atoms with Crippen LogP contribution in [0.4, 0.5) is 5.69 Å². The maximum Gasteiger partial charge on any atom is 0.234 e. The Morgan fingerprint density at radius 1 is 1.06 bits per heavy atom. The number of methoxy groups -OCH3 is 1. The molecule has 0 atom stereocenters. The van der Waals surface area contributed by atoms with Crippen molar-refractivity contribution in [3.05, 3.63) is 58.3 Å². The van der Waals surface area contributed by atoms with E-state index in [1.165, 1.54) is 37.4 Å². The summed E-state index contributed by atoms with van der Waals surface area (Å²) in [5, 5.41) is 12.4. The number of hydrogen-bond donors (Lipinski definition) is 1. The largest absolute Gasteiger partial charge is 0.495 e. The molecule has 194 valence electrons. The van der Waals surface area contributed by atoms with Gasteiger partial charge in [0.2, 0.25) is 5.91 Å². The van der Waals surface area contributed by atoms with Crippen molar-refractivity contribution in [2.75, 3.05) is 18.2 Å². The summed E-state index contributed by atoms with van der Waals surface area (Å²) in [5.41, 5.74) is 1.72. The molecule has 36 heavy (non-hydrogen) atoms. The third kappa shape index (κ3) is 8.85. The van der Waals surface area contributed by atoms with Crippen LogP contribution in [0.1, 0.15) is 56.8 Å². The summed E-state index contributed by atoms with van der Waals surface area (Å²) in [4.78, 5) is 12.7. The summed E-state index contributed by atoms with van der Waals surface area (Å²) >= 11 is 4.83. The van der Waals surface area contributed by atoms with Crippen LogP contribution in [0.2, 0.25) is 0 Å². The molecular formula is C27H35BrN4O3S. The van der Waals surface area contributed by atoms with Gasteiger partial charge >= 0.3 is 0 Å². The van der Waals surface area contributed by atoms with Crippen LogP contribution in [0.5, 0.6) is 11.5 Å². The average Bonchev–Trinajstić information content (AvgIpc) is 3.26. The SMILES string of the molecule is CCCCCCCCn1c(COc2ccc(Br)cc2)nnc1SCC(=O)Nc1cc(C)ccc1OC. The van der Waals surface area contributed by atoms with E-state index >= 15 is 0 Å². The maximum atomic E-state index is 12.7. The molecule has 0 aliphatic carbocycles. The van der Waals surface area contributed by atoms with E-state index in [1.54, 1.807) is 7.11 Å². The van der Waals surface area contributed by atoms with E-state index < -0.39 is 0 Å². The van der Waals surface area contributed by atoms with Crippen molar-refractivity contribution in [1.29, 1.82) is 0 Å². The van der Waals surface area contributed by atoms with Gasteiger partial charge in [0.15, 0.2) is 11.0 Å². The van der Waals surface area contributed by atoms with Gasteiger partial charge in [-0.15, -0.1) is 10.2 Å². The highest BCUT2D eigenvalue weighted by atomic mass is 79.9. The lowest BCUT2D eigenvalue weighted by Crippen LogP contribution is -2.16. The van der Waals surface area contributed by atoms with Crippen LogP contribution in [0.15, 0.2) is 52.1 Å². The average molecular weight is 576 g/mol. The number of anilines is 1. The second-order valence-corrected chi connectivity index (χ2v) is 10.5. The molecule has 1 N–H and O–H groups in total. The lowest BCUT2D eigenvalue weighted by atomic mass is 10.1. The van der Waals surface area contributed by atoms with E-state index in [1.807, 2.05) is 49.4 Å². The molecule has 0 unspecified atom stereocenters. The minimum atomic E-state index is -0.120. The molecule has 0 radical (unpaired) electrons. The molecule has 0 fully saturated rings. The third-order valence-electron chi connectivity index (χ3n) is 5.67. The minimum absolute atomic E-state index is 0.120. The highest BCUT2D eigenvalue weighted by Crippen LogP contribution is 2.26. The van der Waals surface area contributed by atoms with Gasteiger partial charge in [-0.3, -0.25) is 4.79 Å². The number of carbonyl (C=O) groups is 1. The molecule has 0 bridgehead atoms. The van der Waals surface area contributed by atoms with Crippen LogP contribution in [-0.4, -0.2) is 33.5 Å². The Morgan fingerprint density at radius 2 is 1.81 bits per heavy atom. The van der Waals surface area contributed by atoms with Crippen molar-refractivity contribution in [2.45, 2.75) is 70.7 Å². The molecule has 1 aromatic heterocycles. The minimum Gasteiger partial charge on any atom is -0.495 e. The Hall–Kier alpha value is -2.52. The predicted molar refractivity (Wildman–Crippen MR) is 149 cm³/mol. The van der Waals surface area contributed by atoms with Crippen molar-refractivity contribution in [1.82, 2.24) is 14.8 Å². The zero-order valence-electron chi connectivity index (χ0n) is 21.3. The first-order chi connectivity index (χ1) is 17.5. The monoisotopic (exact) mass is 574 g/mol. The fourth-order valence-electron chi connectivity index (χ4n) is 3.72. The molecule has 0 aliphatic heterocycles. The van der Waals surface area contributed by atoms with Gasteiger partial charge in [-0.25, -0.2) is 0 Å². The normalized spacial score (nSPS) is 10.9. The van der Waals surface area contributed by atoms with Crippen molar-refractivity contribution in [3.8, 4) is 11.5 Å². The van der Waals surface area contributed by atoms with E-state index in [-0.39, 0.29) is 11.7 Å². The van der Waals surface area contributed by atoms with Gasteiger partial charge < -0.3 is 19.4 Å². The molecule has 0 saturated carbocycles. The van der Waals surface area contributed by atoms with Gasteiger partial charge in [0.25, 0.3) is 0 Å². The van der Waals surface area contributed by atoms with Crippen LogP contribution < -0.4 is 14.8 Å². The number of aromatic nitrogens is 3. The van der Waals surface area contributed by atoms with Crippen molar-refractivity contribution < 1.29 is 14.3 Å². The van der Waals surface area contributed by atoms with Gasteiger partial charge in [0.1, 0.15) is 18.1 Å². The second-order valence-electron chi connectivity index (χ2n) is 8.60. The first-order valence-electron chi connectivity index (χ1n) is 12.4. The van der Waals surface area contributed by atoms with Crippen molar-refractivity contribution >= 4 is 39.3 Å². The van der Waals surface area contributed by atoms with Gasteiger partial charge in [0.05, 0.1) is 18.6 Å². The Labute approximate surface area is 226 Å². The summed E-state index contributed by atoms with van der Waals surface area (Å²) in [6.45, 7) is 5.32. The number of ether oxygens (including phenoxy) is 2. The van der Waals surface area contributed by atoms with Crippen LogP contribution in [0.3, 0.4) is 0 Å². The highest BCUT2D eigenvalue weighted by Gasteiger charge is 2.16. The fraction of sp³-hybridized carbons (Fsp3) is 0.444. The number of thioether (sulfide) groups is 1. The first kappa shape index (κ1) is 28.1. The maximum absolute atomic E-state index is 12.7. The lowest BCUT2D eigenvalue weighted by molar-refractivity contribution is -0.113. The van der Waals surface area contributed by atoms with Crippen LogP contribution >= 0.6 is 27.7 Å². The van der Waals surface area contributed by atoms with Crippen LogP contribution in [0.25, 0.3) is 0 Å². The number of amides is 1.